The third-order valence-electron chi connectivity index (χ3n) is 3.29. The molecule has 0 aliphatic heterocycles. The van der Waals surface area contributed by atoms with Crippen molar-refractivity contribution in [3.05, 3.63) is 65.5 Å². The van der Waals surface area contributed by atoms with Gasteiger partial charge in [-0.1, -0.05) is 36.4 Å². The van der Waals surface area contributed by atoms with E-state index >= 15 is 0 Å². The molecule has 6 heteroatoms. The zero-order valence-electron chi connectivity index (χ0n) is 10.9. The van der Waals surface area contributed by atoms with Crippen LogP contribution in [0.4, 0.5) is 13.2 Å². The largest absolute Gasteiger partial charge is 0.449 e. The number of nitrogens with two attached hydrogens (primary N) is 1. The Morgan fingerprint density at radius 2 is 1.71 bits per heavy atom. The van der Waals surface area contributed by atoms with Crippen LogP contribution >= 0.6 is 0 Å². The van der Waals surface area contributed by atoms with Gasteiger partial charge in [-0.25, -0.2) is 4.98 Å². The fraction of sp³-hybridized carbons (Fsp3) is 0.133. The lowest BCUT2D eigenvalue weighted by atomic mass is 9.99. The fourth-order valence-corrected chi connectivity index (χ4v) is 2.21. The monoisotopic (exact) mass is 291 g/mol. The average Bonchev–Trinajstić information content (AvgIpc) is 2.90. The van der Waals surface area contributed by atoms with E-state index in [1.807, 2.05) is 30.3 Å². The SMILES string of the molecule is NC(c1ccccc1)c1ccc2nc(C(F)(F)F)[nH]c2c1. The summed E-state index contributed by atoms with van der Waals surface area (Å²) < 4.78 is 37.9. The van der Waals surface area contributed by atoms with Crippen LogP contribution in [0.15, 0.2) is 48.5 Å². The van der Waals surface area contributed by atoms with Crippen molar-refractivity contribution in [3.63, 3.8) is 0 Å². The Hall–Kier alpha value is -2.34. The van der Waals surface area contributed by atoms with Crippen LogP contribution in [0, 0.1) is 0 Å². The Morgan fingerprint density at radius 1 is 1.00 bits per heavy atom. The molecular weight excluding hydrogens is 279 g/mol. The standard InChI is InChI=1S/C15H12F3N3/c16-15(17,18)14-20-11-7-6-10(8-12(11)21-14)13(19)9-4-2-1-3-5-9/h1-8,13H,19H2,(H,20,21). The molecule has 1 aromatic heterocycles. The highest BCUT2D eigenvalue weighted by molar-refractivity contribution is 5.76. The average molecular weight is 291 g/mol. The summed E-state index contributed by atoms with van der Waals surface area (Å²) in [4.78, 5) is 5.83. The van der Waals surface area contributed by atoms with E-state index in [9.17, 15) is 13.2 Å². The molecule has 1 unspecified atom stereocenters. The molecule has 1 heterocycles. The third-order valence-corrected chi connectivity index (χ3v) is 3.29. The van der Waals surface area contributed by atoms with E-state index in [1.54, 1.807) is 18.2 Å². The van der Waals surface area contributed by atoms with E-state index in [2.05, 4.69) is 9.97 Å². The molecule has 0 aliphatic rings. The highest BCUT2D eigenvalue weighted by Crippen LogP contribution is 2.29. The Bertz CT molecular complexity index is 763. The number of rotatable bonds is 2. The molecular formula is C15H12F3N3. The number of halogens is 3. The Kier molecular flexibility index (Phi) is 3.17. The number of benzene rings is 2. The van der Waals surface area contributed by atoms with Crippen LogP contribution in [-0.2, 0) is 6.18 Å². The van der Waals surface area contributed by atoms with Crippen LogP contribution in [0.5, 0.6) is 0 Å². The third kappa shape index (κ3) is 2.62. The first-order chi connectivity index (χ1) is 9.95. The van der Waals surface area contributed by atoms with Gasteiger partial charge in [-0.2, -0.15) is 13.2 Å². The molecule has 3 rings (SSSR count). The maximum atomic E-state index is 12.6. The number of nitrogens with zero attached hydrogens (tertiary/aromatic N) is 1. The van der Waals surface area contributed by atoms with Gasteiger partial charge in [-0.15, -0.1) is 0 Å². The summed E-state index contributed by atoms with van der Waals surface area (Å²) in [6.07, 6.45) is -4.49. The summed E-state index contributed by atoms with van der Waals surface area (Å²) in [6.45, 7) is 0. The number of imidazole rings is 1. The second-order valence-corrected chi connectivity index (χ2v) is 4.75. The summed E-state index contributed by atoms with van der Waals surface area (Å²) in [6, 6.07) is 13.8. The van der Waals surface area contributed by atoms with E-state index in [0.29, 0.717) is 5.52 Å². The van der Waals surface area contributed by atoms with E-state index in [4.69, 9.17) is 5.73 Å². The van der Waals surface area contributed by atoms with Crippen LogP contribution in [0.1, 0.15) is 23.0 Å². The van der Waals surface area contributed by atoms with Crippen molar-refractivity contribution >= 4 is 11.0 Å². The molecule has 0 aliphatic carbocycles. The van der Waals surface area contributed by atoms with Crippen molar-refractivity contribution in [1.29, 1.82) is 0 Å². The number of fused-ring (bicyclic) bond motifs is 1. The first kappa shape index (κ1) is 13.6. The first-order valence-corrected chi connectivity index (χ1v) is 6.32. The van der Waals surface area contributed by atoms with E-state index < -0.39 is 18.0 Å². The van der Waals surface area contributed by atoms with Crippen molar-refractivity contribution in [3.8, 4) is 0 Å². The van der Waals surface area contributed by atoms with Gasteiger partial charge in [0.05, 0.1) is 17.1 Å². The molecule has 0 spiro atoms. The summed E-state index contributed by atoms with van der Waals surface area (Å²) in [5, 5.41) is 0. The molecule has 0 fully saturated rings. The number of H-pyrrole nitrogens is 1. The second kappa shape index (κ2) is 4.89. The predicted octanol–water partition coefficient (Wildman–Crippen LogP) is 3.63. The topological polar surface area (TPSA) is 54.7 Å². The van der Waals surface area contributed by atoms with Gasteiger partial charge in [-0.05, 0) is 23.3 Å². The normalized spacial score (nSPS) is 13.5. The smallest absolute Gasteiger partial charge is 0.334 e. The van der Waals surface area contributed by atoms with E-state index in [1.165, 1.54) is 0 Å². The summed E-state index contributed by atoms with van der Waals surface area (Å²) >= 11 is 0. The van der Waals surface area contributed by atoms with E-state index in [-0.39, 0.29) is 5.52 Å². The number of hydrogen-bond donors (Lipinski definition) is 2. The first-order valence-electron chi connectivity index (χ1n) is 6.32. The molecule has 3 N–H and O–H groups in total. The van der Waals surface area contributed by atoms with Gasteiger partial charge in [0, 0.05) is 0 Å². The molecule has 1 atom stereocenters. The minimum absolute atomic E-state index is 0.270. The molecule has 21 heavy (non-hydrogen) atoms. The number of aromatic nitrogens is 2. The van der Waals surface area contributed by atoms with Crippen LogP contribution < -0.4 is 5.73 Å². The molecule has 3 aromatic rings. The molecule has 0 saturated carbocycles. The minimum atomic E-state index is -4.49. The van der Waals surface area contributed by atoms with Crippen LogP contribution in [0.3, 0.4) is 0 Å². The van der Waals surface area contributed by atoms with E-state index in [0.717, 1.165) is 11.1 Å². The summed E-state index contributed by atoms with van der Waals surface area (Å²) in [5.74, 6) is -0.997. The number of alkyl halides is 3. The van der Waals surface area contributed by atoms with Crippen LogP contribution in [0.2, 0.25) is 0 Å². The number of nitrogens with one attached hydrogen (secondary N) is 1. The minimum Gasteiger partial charge on any atom is -0.334 e. The Morgan fingerprint density at radius 3 is 2.38 bits per heavy atom. The Balaban J connectivity index is 2.01. The van der Waals surface area contributed by atoms with Crippen molar-refractivity contribution in [2.24, 2.45) is 5.73 Å². The molecule has 0 saturated heterocycles. The summed E-state index contributed by atoms with van der Waals surface area (Å²) in [7, 11) is 0. The van der Waals surface area contributed by atoms with Crippen molar-refractivity contribution in [2.45, 2.75) is 12.2 Å². The molecule has 108 valence electrons. The molecule has 2 aromatic carbocycles. The number of hydrogen-bond acceptors (Lipinski definition) is 2. The maximum Gasteiger partial charge on any atom is 0.449 e. The van der Waals surface area contributed by atoms with Gasteiger partial charge in [-0.3, -0.25) is 0 Å². The van der Waals surface area contributed by atoms with Gasteiger partial charge in [0.25, 0.3) is 0 Å². The van der Waals surface area contributed by atoms with Crippen molar-refractivity contribution in [1.82, 2.24) is 9.97 Å². The molecule has 0 bridgehead atoms. The molecule has 0 radical (unpaired) electrons. The lowest BCUT2D eigenvalue weighted by Crippen LogP contribution is -2.11. The van der Waals surface area contributed by atoms with Gasteiger partial charge in [0.2, 0.25) is 5.82 Å². The number of aromatic amines is 1. The Labute approximate surface area is 118 Å². The van der Waals surface area contributed by atoms with Crippen LogP contribution in [-0.4, -0.2) is 9.97 Å². The van der Waals surface area contributed by atoms with Crippen LogP contribution in [0.25, 0.3) is 11.0 Å². The second-order valence-electron chi connectivity index (χ2n) is 4.75. The fourth-order valence-electron chi connectivity index (χ4n) is 2.21. The van der Waals surface area contributed by atoms with Gasteiger partial charge < -0.3 is 10.7 Å². The molecule has 0 amide bonds. The summed E-state index contributed by atoms with van der Waals surface area (Å²) in [5.41, 5.74) is 8.36. The van der Waals surface area contributed by atoms with Crippen molar-refractivity contribution < 1.29 is 13.2 Å². The van der Waals surface area contributed by atoms with Crippen molar-refractivity contribution in [2.75, 3.05) is 0 Å². The lowest BCUT2D eigenvalue weighted by molar-refractivity contribution is -0.144. The zero-order valence-corrected chi connectivity index (χ0v) is 10.9. The van der Waals surface area contributed by atoms with Gasteiger partial charge in [0.1, 0.15) is 0 Å². The lowest BCUT2D eigenvalue weighted by Gasteiger charge is -2.12. The van der Waals surface area contributed by atoms with Gasteiger partial charge >= 0.3 is 6.18 Å². The highest BCUT2D eigenvalue weighted by Gasteiger charge is 2.34. The predicted molar refractivity (Wildman–Crippen MR) is 73.6 cm³/mol. The maximum absolute atomic E-state index is 12.6. The molecule has 3 nitrogen and oxygen atoms in total. The van der Waals surface area contributed by atoms with Gasteiger partial charge in [0.15, 0.2) is 0 Å². The zero-order chi connectivity index (χ0) is 15.0. The highest BCUT2D eigenvalue weighted by atomic mass is 19.4. The quantitative estimate of drug-likeness (QED) is 0.757.